The fourth-order valence-electron chi connectivity index (χ4n) is 8.78. The molecule has 0 spiro atoms. The molecule has 4 heterocycles. The van der Waals surface area contributed by atoms with E-state index in [1.807, 2.05) is 18.7 Å². The van der Waals surface area contributed by atoms with E-state index in [0.717, 1.165) is 37.4 Å². The van der Waals surface area contributed by atoms with Gasteiger partial charge in [0.25, 0.3) is 11.8 Å². The quantitative estimate of drug-likeness (QED) is 0.0463. The lowest BCUT2D eigenvalue weighted by atomic mass is 10.0. The van der Waals surface area contributed by atoms with Crippen molar-refractivity contribution in [3.05, 3.63) is 86.5 Å². The molecule has 20 heteroatoms. The van der Waals surface area contributed by atoms with E-state index in [1.54, 1.807) is 73.0 Å². The van der Waals surface area contributed by atoms with Gasteiger partial charge in [-0.15, -0.1) is 11.3 Å². The number of piperidine rings is 1. The summed E-state index contributed by atoms with van der Waals surface area (Å²) in [4.78, 5) is 94.8. The van der Waals surface area contributed by atoms with Crippen molar-refractivity contribution in [1.29, 1.82) is 0 Å². The first kappa shape index (κ1) is 51.9. The molecule has 3 aliphatic rings. The number of rotatable bonds is 25. The molecule has 1 saturated heterocycles. The van der Waals surface area contributed by atoms with Crippen LogP contribution in [0.1, 0.15) is 82.0 Å². The minimum Gasteiger partial charge on any atom is -0.495 e. The standard InChI is InChI=1S/C49H65N11O8S/c1-7-10-41(47(64)54-31-61)60-29-37-36(48(60)65)11-9-12-38(37)56-44(62)27-51-19-23-68-24-22-58-20-17-34(18-21-58)55-46(63)33-14-16-39(43(25-33)67-6)53-30-52-26-42-45(50-4)59(28-35-15-13-32(3)69-35)40(8-2)49(66)57(42)5/h9,11-16,25-26,31,34,40-41,51,53H,4,7-8,10,17-24,27-30H2,1-3,5-6H3,(H,55,63)(H,56,62)(H,54,61,64)/t40-,41?/m1/s1. The van der Waals surface area contributed by atoms with E-state index in [1.165, 1.54) is 9.78 Å². The highest BCUT2D eigenvalue weighted by Crippen LogP contribution is 2.33. The van der Waals surface area contributed by atoms with E-state index in [-0.39, 0.29) is 55.5 Å². The van der Waals surface area contributed by atoms with E-state index in [9.17, 15) is 28.8 Å². The summed E-state index contributed by atoms with van der Waals surface area (Å²) < 4.78 is 11.5. The Morgan fingerprint density at radius 1 is 1.04 bits per heavy atom. The Balaban J connectivity index is 0.878. The van der Waals surface area contributed by atoms with Gasteiger partial charge in [-0.25, -0.2) is 4.99 Å². The number of aryl methyl sites for hydroxylation is 1. The normalized spacial score (nSPS) is 17.0. The van der Waals surface area contributed by atoms with Crippen LogP contribution in [-0.4, -0.2) is 153 Å². The van der Waals surface area contributed by atoms with Crippen molar-refractivity contribution in [2.24, 2.45) is 9.98 Å². The van der Waals surface area contributed by atoms with Crippen molar-refractivity contribution in [2.45, 2.75) is 84.1 Å². The molecule has 1 unspecified atom stereocenters. The summed E-state index contributed by atoms with van der Waals surface area (Å²) in [6.45, 7) is 14.5. The maximum absolute atomic E-state index is 13.4. The first-order chi connectivity index (χ1) is 33.4. The number of benzene rings is 2. The molecule has 0 saturated carbocycles. The van der Waals surface area contributed by atoms with Crippen molar-refractivity contribution in [3.8, 4) is 5.75 Å². The van der Waals surface area contributed by atoms with Gasteiger partial charge in [0.05, 0.1) is 45.3 Å². The summed E-state index contributed by atoms with van der Waals surface area (Å²) in [7, 11) is 3.28. The summed E-state index contributed by atoms with van der Waals surface area (Å²) in [5.41, 5.74) is 3.26. The molecule has 2 aromatic carbocycles. The third-order valence-electron chi connectivity index (χ3n) is 12.4. The molecular formula is C49H65N11O8S. The molecule has 5 N–H and O–H groups in total. The maximum atomic E-state index is 13.4. The van der Waals surface area contributed by atoms with Crippen LogP contribution < -0.4 is 31.3 Å². The Labute approximate surface area is 407 Å². The molecule has 0 radical (unpaired) electrons. The molecular weight excluding hydrogens is 903 g/mol. The molecule has 1 fully saturated rings. The largest absolute Gasteiger partial charge is 0.495 e. The lowest BCUT2D eigenvalue weighted by Gasteiger charge is -2.40. The molecule has 0 bridgehead atoms. The molecule has 2 atom stereocenters. The van der Waals surface area contributed by atoms with Crippen molar-refractivity contribution >= 4 is 71.6 Å². The summed E-state index contributed by atoms with van der Waals surface area (Å²) in [5.74, 6) is -0.242. The Hall–Kier alpha value is -6.48. The van der Waals surface area contributed by atoms with Gasteiger partial charge in [0, 0.05) is 77.9 Å². The van der Waals surface area contributed by atoms with Crippen LogP contribution in [-0.2, 0) is 37.0 Å². The van der Waals surface area contributed by atoms with Crippen molar-refractivity contribution < 1.29 is 38.2 Å². The van der Waals surface area contributed by atoms with Crippen LogP contribution in [0.2, 0.25) is 0 Å². The van der Waals surface area contributed by atoms with Gasteiger partial charge >= 0.3 is 0 Å². The summed E-state index contributed by atoms with van der Waals surface area (Å²) in [6, 6.07) is 13.3. The molecule has 3 aromatic rings. The first-order valence-electron chi connectivity index (χ1n) is 23.4. The number of likely N-dealkylation sites (N-methyl/N-ethyl adjacent to an activating group) is 1. The molecule has 0 aliphatic carbocycles. The smallest absolute Gasteiger partial charge is 0.255 e. The van der Waals surface area contributed by atoms with Gasteiger partial charge in [-0.3, -0.25) is 39.1 Å². The zero-order valence-corrected chi connectivity index (χ0v) is 41.0. The van der Waals surface area contributed by atoms with Crippen LogP contribution in [0.3, 0.4) is 0 Å². The topological polar surface area (TPSA) is 219 Å². The highest BCUT2D eigenvalue weighted by Gasteiger charge is 2.38. The number of hydrogen-bond acceptors (Lipinski definition) is 15. The number of nitrogens with one attached hydrogen (secondary N) is 5. The van der Waals surface area contributed by atoms with Gasteiger partial charge in [-0.05, 0) is 81.8 Å². The van der Waals surface area contributed by atoms with Crippen LogP contribution in [0.15, 0.2) is 70.0 Å². The third kappa shape index (κ3) is 13.2. The van der Waals surface area contributed by atoms with Crippen molar-refractivity contribution in [2.75, 3.05) is 77.4 Å². The Kier molecular flexibility index (Phi) is 19.0. The van der Waals surface area contributed by atoms with E-state index >= 15 is 0 Å². The number of methoxy groups -OCH3 is 1. The number of carbonyl (C=O) groups excluding carboxylic acids is 6. The minimum atomic E-state index is -0.793. The fraction of sp³-hybridized carbons (Fsp3) is 0.469. The number of fused-ring (bicyclic) bond motifs is 1. The lowest BCUT2D eigenvalue weighted by Crippen LogP contribution is -2.51. The average molecular weight is 968 g/mol. The lowest BCUT2D eigenvalue weighted by molar-refractivity contribution is -0.135. The number of imide groups is 1. The number of anilines is 2. The highest BCUT2D eigenvalue weighted by molar-refractivity contribution is 7.11. The van der Waals surface area contributed by atoms with E-state index < -0.39 is 11.9 Å². The molecule has 19 nitrogen and oxygen atoms in total. The van der Waals surface area contributed by atoms with Gasteiger partial charge in [0.15, 0.2) is 5.82 Å². The van der Waals surface area contributed by atoms with Crippen LogP contribution in [0.4, 0.5) is 11.4 Å². The van der Waals surface area contributed by atoms with Gasteiger partial charge in [-0.2, -0.15) is 0 Å². The molecule has 6 rings (SSSR count). The number of thiophene rings is 1. The Morgan fingerprint density at radius 3 is 2.54 bits per heavy atom. The number of hydrogen-bond donors (Lipinski definition) is 5. The van der Waals surface area contributed by atoms with Gasteiger partial charge in [0.2, 0.25) is 24.1 Å². The average Bonchev–Trinajstić information content (AvgIpc) is 3.92. The summed E-state index contributed by atoms with van der Waals surface area (Å²) in [6.07, 6.45) is 5.22. The number of likely N-dealkylation sites (tertiary alicyclic amines) is 1. The van der Waals surface area contributed by atoms with Crippen LogP contribution in [0.25, 0.3) is 0 Å². The maximum Gasteiger partial charge on any atom is 0.255 e. The molecule has 69 heavy (non-hydrogen) atoms. The van der Waals surface area contributed by atoms with Crippen molar-refractivity contribution in [3.63, 3.8) is 0 Å². The van der Waals surface area contributed by atoms with E-state index in [2.05, 4.69) is 67.2 Å². The second-order valence-electron chi connectivity index (χ2n) is 17.0. The first-order valence-corrected chi connectivity index (χ1v) is 24.2. The summed E-state index contributed by atoms with van der Waals surface area (Å²) in [5, 5.41) is 14.6. The van der Waals surface area contributed by atoms with E-state index in [0.29, 0.717) is 97.3 Å². The molecule has 3 aliphatic heterocycles. The fourth-order valence-corrected chi connectivity index (χ4v) is 9.67. The van der Waals surface area contributed by atoms with Gasteiger partial charge < -0.3 is 50.3 Å². The van der Waals surface area contributed by atoms with Crippen molar-refractivity contribution in [1.82, 2.24) is 35.6 Å². The second kappa shape index (κ2) is 25.2. The SMILES string of the molecule is C=NC1=C(C=NCNc2ccc(C(=O)NC3CCN(CCOCCNCC(=O)Nc4cccc5c4CN(C(CCC)C(=O)NC=O)C5=O)CC3)cc2OC)N(C)C(=O)[C@@H](CC)N1Cc1ccc(C)s1. The predicted octanol–water partition coefficient (Wildman–Crippen LogP) is 3.96. The molecule has 370 valence electrons. The Bertz CT molecular complexity index is 2400. The number of amides is 6. The number of aliphatic imine (C=N–C) groups is 2. The van der Waals surface area contributed by atoms with Gasteiger partial charge in [0.1, 0.15) is 30.2 Å². The minimum absolute atomic E-state index is 0.0272. The number of ether oxygens (including phenoxy) is 2. The molecule has 1 aromatic heterocycles. The number of carbonyl (C=O) groups is 6. The predicted molar refractivity (Wildman–Crippen MR) is 266 cm³/mol. The monoisotopic (exact) mass is 967 g/mol. The number of nitrogens with zero attached hydrogens (tertiary/aromatic N) is 6. The Morgan fingerprint density at radius 2 is 1.84 bits per heavy atom. The van der Waals surface area contributed by atoms with E-state index in [4.69, 9.17) is 9.47 Å². The van der Waals surface area contributed by atoms with Crippen LogP contribution in [0, 0.1) is 6.92 Å². The zero-order valence-electron chi connectivity index (χ0n) is 40.2. The second-order valence-corrected chi connectivity index (χ2v) is 18.4. The third-order valence-corrected chi connectivity index (χ3v) is 13.4. The summed E-state index contributed by atoms with van der Waals surface area (Å²) >= 11 is 1.69. The zero-order chi connectivity index (χ0) is 49.5. The van der Waals surface area contributed by atoms with Gasteiger partial charge in [-0.1, -0.05) is 26.3 Å². The molecule has 6 amide bonds. The highest BCUT2D eigenvalue weighted by atomic mass is 32.1. The number of allylic oxidation sites excluding steroid dienone is 1. The van der Waals surface area contributed by atoms with Crippen LogP contribution in [0.5, 0.6) is 5.75 Å². The van der Waals surface area contributed by atoms with Crippen LogP contribution >= 0.6 is 11.3 Å².